The van der Waals surface area contributed by atoms with E-state index in [1.54, 1.807) is 0 Å². The van der Waals surface area contributed by atoms with Crippen molar-refractivity contribution in [2.45, 2.75) is 25.7 Å². The van der Waals surface area contributed by atoms with Crippen LogP contribution in [0, 0.1) is 0 Å². The Morgan fingerprint density at radius 3 is 2.18 bits per heavy atom. The molecule has 0 saturated carbocycles. The Bertz CT molecular complexity index is 1230. The molecular weight excluding hydrogens is 502 g/mol. The quantitative estimate of drug-likeness (QED) is 0.218. The molecule has 39 heavy (non-hydrogen) atoms. The summed E-state index contributed by atoms with van der Waals surface area (Å²) in [5, 5.41) is 2.78. The Hall–Kier alpha value is -4.53. The molecule has 0 spiro atoms. The van der Waals surface area contributed by atoms with Crippen LogP contribution >= 0.6 is 0 Å². The van der Waals surface area contributed by atoms with Gasteiger partial charge >= 0.3 is 11.9 Å². The highest BCUT2D eigenvalue weighted by Crippen LogP contribution is 2.27. The molecule has 0 aromatic heterocycles. The summed E-state index contributed by atoms with van der Waals surface area (Å²) in [6.07, 6.45) is 2.43. The van der Waals surface area contributed by atoms with Crippen LogP contribution in [0.2, 0.25) is 0 Å². The molecule has 0 atom stereocenters. The fourth-order valence-electron chi connectivity index (χ4n) is 3.55. The smallest absolute Gasteiger partial charge is 0.343 e. The first-order chi connectivity index (χ1) is 19.0. The summed E-state index contributed by atoms with van der Waals surface area (Å²) in [7, 11) is 2.50. The molecule has 0 aliphatic heterocycles. The average Bonchev–Trinajstić information content (AvgIpc) is 2.97. The Labute approximate surface area is 228 Å². The van der Waals surface area contributed by atoms with E-state index in [0.29, 0.717) is 25.3 Å². The maximum atomic E-state index is 12.7. The van der Waals surface area contributed by atoms with Crippen molar-refractivity contribution >= 4 is 23.5 Å². The molecule has 9 nitrogen and oxygen atoms in total. The molecular formula is C30H33NO8. The minimum absolute atomic E-state index is 0.154. The lowest BCUT2D eigenvalue weighted by Crippen LogP contribution is -2.17. The van der Waals surface area contributed by atoms with Gasteiger partial charge in [0.25, 0.3) is 0 Å². The third kappa shape index (κ3) is 10.0. The number of esters is 2. The summed E-state index contributed by atoms with van der Waals surface area (Å²) in [4.78, 5) is 36.1. The van der Waals surface area contributed by atoms with Crippen molar-refractivity contribution in [1.82, 2.24) is 0 Å². The first-order valence-electron chi connectivity index (χ1n) is 12.6. The highest BCUT2D eigenvalue weighted by atomic mass is 16.6. The first-order valence-corrected chi connectivity index (χ1v) is 12.6. The van der Waals surface area contributed by atoms with E-state index in [1.165, 1.54) is 32.4 Å². The van der Waals surface area contributed by atoms with Crippen molar-refractivity contribution in [2.24, 2.45) is 0 Å². The van der Waals surface area contributed by atoms with Crippen LogP contribution in [0.15, 0.2) is 72.8 Å². The maximum absolute atomic E-state index is 12.7. The van der Waals surface area contributed by atoms with Crippen LogP contribution in [-0.4, -0.2) is 51.9 Å². The number of anilines is 1. The van der Waals surface area contributed by atoms with E-state index >= 15 is 0 Å². The Morgan fingerprint density at radius 2 is 1.46 bits per heavy atom. The van der Waals surface area contributed by atoms with Gasteiger partial charge in [0.1, 0.15) is 17.2 Å². The van der Waals surface area contributed by atoms with Gasteiger partial charge in [-0.25, -0.2) is 9.59 Å². The van der Waals surface area contributed by atoms with Gasteiger partial charge in [-0.1, -0.05) is 30.3 Å². The van der Waals surface area contributed by atoms with E-state index < -0.39 is 11.9 Å². The molecule has 3 aromatic carbocycles. The van der Waals surface area contributed by atoms with Crippen LogP contribution in [0.4, 0.5) is 5.69 Å². The summed E-state index contributed by atoms with van der Waals surface area (Å²) in [5.74, 6) is 0.332. The molecule has 3 rings (SSSR count). The van der Waals surface area contributed by atoms with Gasteiger partial charge in [0.05, 0.1) is 38.7 Å². The number of unbranched alkanes of at least 4 members (excludes halogenated alkanes) is 1. The van der Waals surface area contributed by atoms with Crippen molar-refractivity contribution in [3.63, 3.8) is 0 Å². The van der Waals surface area contributed by atoms with Gasteiger partial charge in [0, 0.05) is 6.42 Å². The summed E-state index contributed by atoms with van der Waals surface area (Å²) in [6.45, 7) is 0.818. The number of nitrogens with one attached hydrogen (secondary N) is 1. The van der Waals surface area contributed by atoms with Crippen LogP contribution < -0.4 is 19.5 Å². The van der Waals surface area contributed by atoms with Crippen LogP contribution in [0.25, 0.3) is 0 Å². The highest BCUT2D eigenvalue weighted by Gasteiger charge is 2.15. The molecule has 1 N–H and O–H groups in total. The molecule has 3 aromatic rings. The van der Waals surface area contributed by atoms with E-state index in [2.05, 4.69) is 10.1 Å². The standard InChI is InChI=1S/C30H33NO8/c1-35-29(33)21-39-27-20-23(30(34)36-2)14-15-26(27)31-28(32)16-13-22-9-8-12-25(19-22)38-18-7-6-17-37-24-10-4-3-5-11-24/h3-5,8-12,14-15,19-20H,6-7,13,16-18,21H2,1-2H3,(H,31,32). The van der Waals surface area contributed by atoms with Gasteiger partial charge in [-0.3, -0.25) is 4.79 Å². The molecule has 9 heteroatoms. The SMILES string of the molecule is COC(=O)COc1cc(C(=O)OC)ccc1NC(=O)CCc1cccc(OCCCCOc2ccccc2)c1. The molecule has 0 bridgehead atoms. The van der Waals surface area contributed by atoms with Crippen molar-refractivity contribution in [3.8, 4) is 17.2 Å². The number of ether oxygens (including phenoxy) is 5. The van der Waals surface area contributed by atoms with Gasteiger partial charge in [-0.15, -0.1) is 0 Å². The average molecular weight is 536 g/mol. The summed E-state index contributed by atoms with van der Waals surface area (Å²) in [6, 6.07) is 21.8. The van der Waals surface area contributed by atoms with Crippen LogP contribution in [0.1, 0.15) is 35.2 Å². The number of methoxy groups -OCH3 is 2. The molecule has 0 fully saturated rings. The zero-order valence-corrected chi connectivity index (χ0v) is 22.1. The topological polar surface area (TPSA) is 109 Å². The third-order valence-electron chi connectivity index (χ3n) is 5.61. The van der Waals surface area contributed by atoms with Crippen molar-refractivity contribution in [3.05, 3.63) is 83.9 Å². The van der Waals surface area contributed by atoms with Crippen molar-refractivity contribution in [1.29, 1.82) is 0 Å². The molecule has 0 heterocycles. The lowest BCUT2D eigenvalue weighted by Gasteiger charge is -2.13. The normalized spacial score (nSPS) is 10.3. The van der Waals surface area contributed by atoms with E-state index in [4.69, 9.17) is 18.9 Å². The number of hydrogen-bond donors (Lipinski definition) is 1. The lowest BCUT2D eigenvalue weighted by molar-refractivity contribution is -0.142. The number of carbonyl (C=O) groups is 3. The Kier molecular flexibility index (Phi) is 11.7. The molecule has 0 unspecified atom stereocenters. The molecule has 0 aliphatic rings. The molecule has 1 amide bonds. The zero-order valence-electron chi connectivity index (χ0n) is 22.1. The molecule has 0 radical (unpaired) electrons. The molecule has 206 valence electrons. The van der Waals surface area contributed by atoms with Crippen LogP contribution in [0.5, 0.6) is 17.2 Å². The second kappa shape index (κ2) is 15.7. The van der Waals surface area contributed by atoms with Crippen molar-refractivity contribution < 1.29 is 38.1 Å². The van der Waals surface area contributed by atoms with Gasteiger partial charge in [0.15, 0.2) is 6.61 Å². The fraction of sp³-hybridized carbons (Fsp3) is 0.300. The van der Waals surface area contributed by atoms with E-state index in [0.717, 1.165) is 29.9 Å². The highest BCUT2D eigenvalue weighted by molar-refractivity contribution is 5.95. The number of aryl methyl sites for hydroxylation is 1. The minimum atomic E-state index is -0.599. The summed E-state index contributed by atoms with van der Waals surface area (Å²) >= 11 is 0. The number of benzene rings is 3. The summed E-state index contributed by atoms with van der Waals surface area (Å²) in [5.41, 5.74) is 1.50. The summed E-state index contributed by atoms with van der Waals surface area (Å²) < 4.78 is 26.3. The van der Waals surface area contributed by atoms with Crippen molar-refractivity contribution in [2.75, 3.05) is 39.4 Å². The van der Waals surface area contributed by atoms with Gasteiger partial charge in [-0.2, -0.15) is 0 Å². The van der Waals surface area contributed by atoms with Crippen LogP contribution in [-0.2, 0) is 25.5 Å². The number of hydrogen-bond acceptors (Lipinski definition) is 8. The Balaban J connectivity index is 1.46. The second-order valence-electron chi connectivity index (χ2n) is 8.48. The molecule has 0 saturated heterocycles. The maximum Gasteiger partial charge on any atom is 0.343 e. The number of carbonyl (C=O) groups excluding carboxylic acids is 3. The van der Waals surface area contributed by atoms with Gasteiger partial charge in [0.2, 0.25) is 5.91 Å². The fourth-order valence-corrected chi connectivity index (χ4v) is 3.55. The number of para-hydroxylation sites is 1. The largest absolute Gasteiger partial charge is 0.494 e. The Morgan fingerprint density at radius 1 is 0.744 bits per heavy atom. The molecule has 0 aliphatic carbocycles. The van der Waals surface area contributed by atoms with Gasteiger partial charge in [-0.05, 0) is 67.3 Å². The van der Waals surface area contributed by atoms with E-state index in [1.807, 2.05) is 54.6 Å². The lowest BCUT2D eigenvalue weighted by atomic mass is 10.1. The zero-order chi connectivity index (χ0) is 27.9. The number of amides is 1. The second-order valence-corrected chi connectivity index (χ2v) is 8.48. The van der Waals surface area contributed by atoms with E-state index in [9.17, 15) is 14.4 Å². The third-order valence-corrected chi connectivity index (χ3v) is 5.61. The number of rotatable bonds is 15. The van der Waals surface area contributed by atoms with E-state index in [-0.39, 0.29) is 30.2 Å². The minimum Gasteiger partial charge on any atom is -0.494 e. The monoisotopic (exact) mass is 535 g/mol. The van der Waals surface area contributed by atoms with Gasteiger partial charge < -0.3 is 29.0 Å². The first kappa shape index (κ1) is 29.0. The predicted octanol–water partition coefficient (Wildman–Crippen LogP) is 4.83. The predicted molar refractivity (Wildman–Crippen MR) is 145 cm³/mol. The van der Waals surface area contributed by atoms with Crippen LogP contribution in [0.3, 0.4) is 0 Å².